The maximum Gasteiger partial charge on any atom is 0.234 e. The van der Waals surface area contributed by atoms with E-state index in [0.29, 0.717) is 11.8 Å². The second kappa shape index (κ2) is 7.03. The molecule has 2 unspecified atom stereocenters. The van der Waals surface area contributed by atoms with E-state index in [-0.39, 0.29) is 11.2 Å². The molecule has 3 rings (SSSR count). The Kier molecular flexibility index (Phi) is 4.86. The molecule has 1 fully saturated rings. The van der Waals surface area contributed by atoms with Crippen molar-refractivity contribution >= 4 is 23.4 Å². The largest absolute Gasteiger partial charge is 0.385 e. The summed E-state index contributed by atoms with van der Waals surface area (Å²) in [7, 11) is 0. The number of allylic oxidation sites excluding steroid dienone is 1. The van der Waals surface area contributed by atoms with Gasteiger partial charge in [-0.3, -0.25) is 4.79 Å². The molecule has 2 aliphatic rings. The van der Waals surface area contributed by atoms with Crippen LogP contribution in [0.3, 0.4) is 0 Å². The van der Waals surface area contributed by atoms with Gasteiger partial charge in [0.1, 0.15) is 0 Å². The predicted molar refractivity (Wildman–Crippen MR) is 89.6 cm³/mol. The molecule has 0 saturated carbocycles. The molecule has 2 atom stereocenters. The predicted octanol–water partition coefficient (Wildman–Crippen LogP) is 3.33. The van der Waals surface area contributed by atoms with Gasteiger partial charge >= 0.3 is 0 Å². The van der Waals surface area contributed by atoms with Gasteiger partial charge in [-0.1, -0.05) is 36.8 Å². The van der Waals surface area contributed by atoms with Crippen molar-refractivity contribution in [2.75, 3.05) is 11.9 Å². The fourth-order valence-corrected chi connectivity index (χ4v) is 3.50. The molecule has 21 heavy (non-hydrogen) atoms. The van der Waals surface area contributed by atoms with Crippen molar-refractivity contribution < 1.29 is 4.79 Å². The standard InChI is InChI=1S/C17H22N2OS/c20-17-16-15(21-16)10-4-2-1-3-7-11-18-14-9-6-5-8-13(14)12-19-17/h4-6,8-10,15-16,18H,1-3,7,11-12H2,(H,19,20). The lowest BCUT2D eigenvalue weighted by atomic mass is 10.1. The monoisotopic (exact) mass is 302 g/mol. The third-order valence-electron chi connectivity index (χ3n) is 3.94. The van der Waals surface area contributed by atoms with Gasteiger partial charge in [0.25, 0.3) is 0 Å². The summed E-state index contributed by atoms with van der Waals surface area (Å²) >= 11 is 1.75. The van der Waals surface area contributed by atoms with E-state index < -0.39 is 0 Å². The Balaban J connectivity index is 1.68. The first-order valence-electron chi connectivity index (χ1n) is 7.76. The number of benzene rings is 1. The number of anilines is 1. The molecule has 0 spiro atoms. The normalized spacial score (nSPS) is 26.4. The van der Waals surface area contributed by atoms with Crippen LogP contribution in [0, 0.1) is 0 Å². The van der Waals surface area contributed by atoms with Crippen LogP contribution in [0.25, 0.3) is 0 Å². The van der Waals surface area contributed by atoms with Crippen LogP contribution in [0.15, 0.2) is 36.4 Å². The van der Waals surface area contributed by atoms with Crippen molar-refractivity contribution in [3.05, 3.63) is 42.0 Å². The number of para-hydroxylation sites is 1. The zero-order chi connectivity index (χ0) is 14.5. The Labute approximate surface area is 130 Å². The first kappa shape index (κ1) is 14.5. The summed E-state index contributed by atoms with van der Waals surface area (Å²) in [5.74, 6) is 0.166. The minimum Gasteiger partial charge on any atom is -0.385 e. The van der Waals surface area contributed by atoms with Gasteiger partial charge < -0.3 is 10.6 Å². The van der Waals surface area contributed by atoms with Crippen LogP contribution in [-0.2, 0) is 11.3 Å². The summed E-state index contributed by atoms with van der Waals surface area (Å²) in [5, 5.41) is 7.07. The molecule has 0 radical (unpaired) electrons. The smallest absolute Gasteiger partial charge is 0.234 e. The third kappa shape index (κ3) is 4.03. The Morgan fingerprint density at radius 1 is 1.10 bits per heavy atom. The van der Waals surface area contributed by atoms with E-state index in [9.17, 15) is 4.79 Å². The lowest BCUT2D eigenvalue weighted by Gasteiger charge is -2.12. The SMILES string of the molecule is O=C1NCc2ccccc2NCCCCCC=CC2SC12. The highest BCUT2D eigenvalue weighted by atomic mass is 32.2. The number of thioether (sulfide) groups is 1. The third-order valence-corrected chi connectivity index (χ3v) is 5.17. The topological polar surface area (TPSA) is 41.1 Å². The van der Waals surface area contributed by atoms with Gasteiger partial charge in [0.2, 0.25) is 5.91 Å². The summed E-state index contributed by atoms with van der Waals surface area (Å²) in [4.78, 5) is 12.1. The van der Waals surface area contributed by atoms with Gasteiger partial charge in [0, 0.05) is 24.0 Å². The summed E-state index contributed by atoms with van der Waals surface area (Å²) in [6.45, 7) is 1.60. The zero-order valence-electron chi connectivity index (χ0n) is 12.2. The molecule has 2 N–H and O–H groups in total. The molecule has 2 aliphatic heterocycles. The minimum atomic E-state index is 0.117. The van der Waals surface area contributed by atoms with Crippen LogP contribution in [0.4, 0.5) is 5.69 Å². The van der Waals surface area contributed by atoms with Crippen molar-refractivity contribution in [2.45, 2.75) is 42.7 Å². The van der Waals surface area contributed by atoms with Gasteiger partial charge in [-0.2, -0.15) is 0 Å². The molecule has 2 heterocycles. The Hall–Kier alpha value is -1.42. The number of hydrogen-bond donors (Lipinski definition) is 2. The van der Waals surface area contributed by atoms with Gasteiger partial charge in [0.15, 0.2) is 0 Å². The molecule has 1 saturated heterocycles. The Morgan fingerprint density at radius 3 is 2.95 bits per heavy atom. The molecule has 1 aromatic carbocycles. The van der Waals surface area contributed by atoms with Crippen LogP contribution in [0.5, 0.6) is 0 Å². The Bertz CT molecular complexity index is 529. The van der Waals surface area contributed by atoms with Gasteiger partial charge in [0.05, 0.1) is 5.25 Å². The second-order valence-corrected chi connectivity index (χ2v) is 6.92. The summed E-state index contributed by atoms with van der Waals surface area (Å²) in [6.07, 6.45) is 9.25. The van der Waals surface area contributed by atoms with Crippen LogP contribution >= 0.6 is 11.8 Å². The lowest BCUT2D eigenvalue weighted by Crippen LogP contribution is -2.28. The van der Waals surface area contributed by atoms with Crippen molar-refractivity contribution in [1.82, 2.24) is 5.32 Å². The second-order valence-electron chi connectivity index (χ2n) is 5.60. The minimum absolute atomic E-state index is 0.117. The molecule has 112 valence electrons. The maximum absolute atomic E-state index is 12.1. The molecule has 4 heteroatoms. The summed E-state index contributed by atoms with van der Waals surface area (Å²) in [6, 6.07) is 8.24. The van der Waals surface area contributed by atoms with Gasteiger partial charge in [-0.15, -0.1) is 11.8 Å². The highest BCUT2D eigenvalue weighted by Gasteiger charge is 2.42. The molecule has 1 amide bonds. The van der Waals surface area contributed by atoms with E-state index in [2.05, 4.69) is 34.9 Å². The average molecular weight is 302 g/mol. The van der Waals surface area contributed by atoms with Gasteiger partial charge in [-0.25, -0.2) is 0 Å². The Morgan fingerprint density at radius 2 is 2.00 bits per heavy atom. The molecule has 1 aromatic rings. The van der Waals surface area contributed by atoms with Crippen molar-refractivity contribution in [3.8, 4) is 0 Å². The number of carbonyl (C=O) groups excluding carboxylic acids is 1. The number of hydrogen-bond acceptors (Lipinski definition) is 3. The highest BCUT2D eigenvalue weighted by Crippen LogP contribution is 2.42. The van der Waals surface area contributed by atoms with E-state index in [4.69, 9.17) is 0 Å². The van der Waals surface area contributed by atoms with E-state index in [0.717, 1.165) is 18.7 Å². The summed E-state index contributed by atoms with van der Waals surface area (Å²) in [5.41, 5.74) is 2.31. The zero-order valence-corrected chi connectivity index (χ0v) is 13.0. The van der Waals surface area contributed by atoms with Gasteiger partial charge in [-0.05, 0) is 30.9 Å². The van der Waals surface area contributed by atoms with E-state index in [1.54, 1.807) is 11.8 Å². The van der Waals surface area contributed by atoms with Crippen LogP contribution in [0.2, 0.25) is 0 Å². The fourth-order valence-electron chi connectivity index (χ4n) is 2.63. The molecule has 0 aromatic heterocycles. The number of amides is 1. The number of fused-ring (bicyclic) bond motifs is 2. The van der Waals surface area contributed by atoms with Crippen molar-refractivity contribution in [3.63, 3.8) is 0 Å². The van der Waals surface area contributed by atoms with Crippen LogP contribution < -0.4 is 10.6 Å². The highest BCUT2D eigenvalue weighted by molar-refractivity contribution is 8.08. The molecular formula is C17H22N2OS. The molecule has 0 bridgehead atoms. The quantitative estimate of drug-likeness (QED) is 0.570. The molecule has 0 aliphatic carbocycles. The van der Waals surface area contributed by atoms with E-state index in [1.807, 2.05) is 12.1 Å². The van der Waals surface area contributed by atoms with Crippen LogP contribution in [-0.4, -0.2) is 23.0 Å². The number of rotatable bonds is 0. The number of nitrogens with one attached hydrogen (secondary N) is 2. The fraction of sp³-hybridized carbons (Fsp3) is 0.471. The van der Waals surface area contributed by atoms with Crippen molar-refractivity contribution in [2.24, 2.45) is 0 Å². The molecular weight excluding hydrogens is 280 g/mol. The maximum atomic E-state index is 12.1. The summed E-state index contributed by atoms with van der Waals surface area (Å²) < 4.78 is 0. The molecule has 3 nitrogen and oxygen atoms in total. The first-order chi connectivity index (χ1) is 10.3. The van der Waals surface area contributed by atoms with Crippen molar-refractivity contribution in [1.29, 1.82) is 0 Å². The average Bonchev–Trinajstić information content (AvgIpc) is 3.27. The van der Waals surface area contributed by atoms with Crippen LogP contribution in [0.1, 0.15) is 31.2 Å². The lowest BCUT2D eigenvalue weighted by molar-refractivity contribution is -0.120. The van der Waals surface area contributed by atoms with E-state index >= 15 is 0 Å². The first-order valence-corrected chi connectivity index (χ1v) is 8.70. The van der Waals surface area contributed by atoms with E-state index in [1.165, 1.54) is 24.8 Å². The number of carbonyl (C=O) groups is 1.